The van der Waals surface area contributed by atoms with E-state index in [1.54, 1.807) is 18.3 Å². The predicted octanol–water partition coefficient (Wildman–Crippen LogP) is 5.95. The van der Waals surface area contributed by atoms with Crippen molar-refractivity contribution in [3.8, 4) is 0 Å². The van der Waals surface area contributed by atoms with Crippen molar-refractivity contribution in [2.24, 2.45) is 5.92 Å². The lowest BCUT2D eigenvalue weighted by Crippen LogP contribution is -2.17. The number of benzene rings is 1. The summed E-state index contributed by atoms with van der Waals surface area (Å²) in [5, 5.41) is 5.53. The van der Waals surface area contributed by atoms with Crippen molar-refractivity contribution in [2.75, 3.05) is 11.9 Å². The van der Waals surface area contributed by atoms with E-state index in [0.717, 1.165) is 35.3 Å². The molecule has 156 valence electrons. The van der Waals surface area contributed by atoms with E-state index in [2.05, 4.69) is 24.4 Å². The molecule has 1 aromatic carbocycles. The van der Waals surface area contributed by atoms with Gasteiger partial charge in [0, 0.05) is 21.6 Å². The van der Waals surface area contributed by atoms with Gasteiger partial charge in [-0.05, 0) is 49.3 Å². The van der Waals surface area contributed by atoms with Gasteiger partial charge in [-0.2, -0.15) is 0 Å². The summed E-state index contributed by atoms with van der Waals surface area (Å²) in [4.78, 5) is 27.9. The summed E-state index contributed by atoms with van der Waals surface area (Å²) < 4.78 is 5.23. The largest absolute Gasteiger partial charge is 0.462 e. The number of anilines is 1. The zero-order valence-electron chi connectivity index (χ0n) is 17.2. The molecule has 1 amide bonds. The van der Waals surface area contributed by atoms with Crippen molar-refractivity contribution in [3.05, 3.63) is 73.8 Å². The lowest BCUT2D eigenvalue weighted by atomic mass is 9.88. The van der Waals surface area contributed by atoms with Gasteiger partial charge in [-0.3, -0.25) is 4.79 Å². The Morgan fingerprint density at radius 2 is 2.00 bits per heavy atom. The zero-order chi connectivity index (χ0) is 21.1. The van der Waals surface area contributed by atoms with Gasteiger partial charge < -0.3 is 10.1 Å². The predicted molar refractivity (Wildman–Crippen MR) is 123 cm³/mol. The van der Waals surface area contributed by atoms with Gasteiger partial charge >= 0.3 is 5.97 Å². The van der Waals surface area contributed by atoms with Gasteiger partial charge in [0.15, 0.2) is 0 Å². The maximum Gasteiger partial charge on any atom is 0.341 e. The highest BCUT2D eigenvalue weighted by Gasteiger charge is 2.25. The van der Waals surface area contributed by atoms with Crippen LogP contribution in [0, 0.1) is 5.92 Å². The van der Waals surface area contributed by atoms with Gasteiger partial charge in [-0.15, -0.1) is 22.7 Å². The lowest BCUT2D eigenvalue weighted by molar-refractivity contribution is 0.0528. The van der Waals surface area contributed by atoms with Crippen molar-refractivity contribution < 1.29 is 14.3 Å². The first-order valence-electron chi connectivity index (χ1n) is 10.3. The molecule has 0 aliphatic heterocycles. The Kier molecular flexibility index (Phi) is 6.35. The fourth-order valence-electron chi connectivity index (χ4n) is 3.82. The summed E-state index contributed by atoms with van der Waals surface area (Å²) in [7, 11) is 0. The molecule has 1 aliphatic carbocycles. The maximum atomic E-state index is 13.1. The Morgan fingerprint density at radius 1 is 1.20 bits per heavy atom. The van der Waals surface area contributed by atoms with Gasteiger partial charge in [-0.25, -0.2) is 4.79 Å². The van der Waals surface area contributed by atoms with E-state index in [4.69, 9.17) is 4.74 Å². The molecule has 3 aromatic rings. The van der Waals surface area contributed by atoms with Crippen LogP contribution in [-0.2, 0) is 24.0 Å². The zero-order valence-corrected chi connectivity index (χ0v) is 18.8. The third kappa shape index (κ3) is 4.50. The molecule has 1 N–H and O–H groups in total. The minimum atomic E-state index is -0.399. The monoisotopic (exact) mass is 439 g/mol. The van der Waals surface area contributed by atoms with E-state index in [-0.39, 0.29) is 5.91 Å². The van der Waals surface area contributed by atoms with Gasteiger partial charge in [-0.1, -0.05) is 37.3 Å². The summed E-state index contributed by atoms with van der Waals surface area (Å²) in [5.74, 6) is 0.130. The van der Waals surface area contributed by atoms with Crippen LogP contribution in [0.25, 0.3) is 0 Å². The summed E-state index contributed by atoms with van der Waals surface area (Å²) in [5.41, 5.74) is 3.51. The molecule has 0 bridgehead atoms. The van der Waals surface area contributed by atoms with Crippen LogP contribution in [0.2, 0.25) is 0 Å². The fraction of sp³-hybridized carbons (Fsp3) is 0.333. The molecule has 0 saturated carbocycles. The average Bonchev–Trinajstić information content (AvgIpc) is 3.32. The first-order chi connectivity index (χ1) is 14.5. The third-order valence-electron chi connectivity index (χ3n) is 5.37. The number of hydrogen-bond donors (Lipinski definition) is 1. The number of rotatable bonds is 6. The molecule has 4 rings (SSSR count). The molecule has 2 heterocycles. The number of amides is 1. The molecule has 1 atom stereocenters. The number of carbonyl (C=O) groups excluding carboxylic acids is 2. The van der Waals surface area contributed by atoms with Crippen molar-refractivity contribution in [3.63, 3.8) is 0 Å². The van der Waals surface area contributed by atoms with E-state index in [1.807, 2.05) is 29.6 Å². The second kappa shape index (κ2) is 9.14. The molecule has 4 nitrogen and oxygen atoms in total. The van der Waals surface area contributed by atoms with Gasteiger partial charge in [0.2, 0.25) is 0 Å². The summed E-state index contributed by atoms with van der Waals surface area (Å²) in [6, 6.07) is 11.9. The Balaban J connectivity index is 1.59. The quantitative estimate of drug-likeness (QED) is 0.483. The van der Waals surface area contributed by atoms with Gasteiger partial charge in [0.1, 0.15) is 5.00 Å². The molecule has 0 radical (unpaired) electrons. The van der Waals surface area contributed by atoms with Crippen LogP contribution < -0.4 is 5.32 Å². The Labute approximate surface area is 184 Å². The lowest BCUT2D eigenvalue weighted by Gasteiger charge is -2.18. The van der Waals surface area contributed by atoms with Crippen molar-refractivity contribution in [1.29, 1.82) is 0 Å². The minimum absolute atomic E-state index is 0.138. The van der Waals surface area contributed by atoms with Crippen LogP contribution >= 0.6 is 22.7 Å². The van der Waals surface area contributed by atoms with Crippen LogP contribution in [-0.4, -0.2) is 18.5 Å². The molecule has 1 unspecified atom stereocenters. The summed E-state index contributed by atoms with van der Waals surface area (Å²) >= 11 is 3.11. The number of hydrogen-bond acceptors (Lipinski definition) is 5. The first kappa shape index (κ1) is 20.8. The molecule has 0 fully saturated rings. The smallest absolute Gasteiger partial charge is 0.341 e. The summed E-state index contributed by atoms with van der Waals surface area (Å²) in [6.07, 6.45) is 3.80. The number of esters is 1. The van der Waals surface area contributed by atoms with Crippen LogP contribution in [0.5, 0.6) is 0 Å². The van der Waals surface area contributed by atoms with Gasteiger partial charge in [0.05, 0.1) is 17.7 Å². The molecule has 30 heavy (non-hydrogen) atoms. The number of ether oxygens (including phenoxy) is 1. The average molecular weight is 440 g/mol. The van der Waals surface area contributed by atoms with Gasteiger partial charge in [0.25, 0.3) is 5.91 Å². The Morgan fingerprint density at radius 3 is 2.77 bits per heavy atom. The normalized spacial score (nSPS) is 15.5. The van der Waals surface area contributed by atoms with Crippen LogP contribution in [0.4, 0.5) is 5.00 Å². The topological polar surface area (TPSA) is 55.4 Å². The number of carbonyl (C=O) groups is 2. The van der Waals surface area contributed by atoms with E-state index >= 15 is 0 Å². The highest BCUT2D eigenvalue weighted by Crippen LogP contribution is 2.35. The van der Waals surface area contributed by atoms with E-state index in [1.165, 1.54) is 21.8 Å². The molecule has 2 aromatic heterocycles. The standard InChI is InChI=1S/C24H25NO3S2/c1-3-28-24(27)19-13-17(12-16-7-5-4-6-8-16)30-23(19)25-22(26)20-14-29-21-11-15(2)9-10-18(20)21/h4-8,13-15H,3,9-12H2,1-2H3,(H,25,26). The maximum absolute atomic E-state index is 13.1. The highest BCUT2D eigenvalue weighted by molar-refractivity contribution is 7.16. The molecule has 0 spiro atoms. The van der Waals surface area contributed by atoms with E-state index < -0.39 is 5.97 Å². The minimum Gasteiger partial charge on any atom is -0.462 e. The highest BCUT2D eigenvalue weighted by atomic mass is 32.1. The Hall–Kier alpha value is -2.44. The molecule has 6 heteroatoms. The van der Waals surface area contributed by atoms with Crippen LogP contribution in [0.3, 0.4) is 0 Å². The Bertz CT molecular complexity index is 1050. The second-order valence-corrected chi connectivity index (χ2v) is 9.79. The van der Waals surface area contributed by atoms with Crippen molar-refractivity contribution in [1.82, 2.24) is 0 Å². The van der Waals surface area contributed by atoms with Crippen LogP contribution in [0.1, 0.15) is 61.9 Å². The fourth-order valence-corrected chi connectivity index (χ4v) is 6.14. The van der Waals surface area contributed by atoms with E-state index in [9.17, 15) is 9.59 Å². The van der Waals surface area contributed by atoms with E-state index in [0.29, 0.717) is 29.5 Å². The number of thiophene rings is 2. The van der Waals surface area contributed by atoms with Crippen LogP contribution in [0.15, 0.2) is 41.8 Å². The third-order valence-corrected chi connectivity index (χ3v) is 7.47. The molecular weight excluding hydrogens is 414 g/mol. The molecule has 0 saturated heterocycles. The SMILES string of the molecule is CCOC(=O)c1cc(Cc2ccccc2)sc1NC(=O)c1csc2c1CCC(C)C2. The number of fused-ring (bicyclic) bond motifs is 1. The second-order valence-electron chi connectivity index (χ2n) is 7.69. The van der Waals surface area contributed by atoms with Crippen molar-refractivity contribution in [2.45, 2.75) is 39.5 Å². The molecule has 1 aliphatic rings. The van der Waals surface area contributed by atoms with Crippen molar-refractivity contribution >= 4 is 39.6 Å². The summed E-state index contributed by atoms with van der Waals surface area (Å²) in [6.45, 7) is 4.34. The molecular formula is C24H25NO3S2. The number of nitrogens with one attached hydrogen (secondary N) is 1. The first-order valence-corrected chi connectivity index (χ1v) is 12.0.